The summed E-state index contributed by atoms with van der Waals surface area (Å²) in [5.74, 6) is 0.0655. The molecule has 1 fully saturated rings. The summed E-state index contributed by atoms with van der Waals surface area (Å²) in [5, 5.41) is 2.98. The average Bonchev–Trinajstić information content (AvgIpc) is 2.47. The van der Waals surface area contributed by atoms with Gasteiger partial charge in [-0.25, -0.2) is 0 Å². The van der Waals surface area contributed by atoms with E-state index in [4.69, 9.17) is 0 Å². The summed E-state index contributed by atoms with van der Waals surface area (Å²) >= 11 is 2.25. The number of nitrogens with one attached hydrogen (secondary N) is 1. The van der Waals surface area contributed by atoms with Crippen LogP contribution >= 0.6 is 22.6 Å². The number of piperidine rings is 1. The number of amides is 1. The molecule has 0 aliphatic carbocycles. The van der Waals surface area contributed by atoms with E-state index >= 15 is 0 Å². The molecule has 2 rings (SSSR count). The number of rotatable bonds is 5. The molecule has 1 aromatic rings. The van der Waals surface area contributed by atoms with Crippen LogP contribution in [-0.2, 0) is 4.79 Å². The molecule has 0 atom stereocenters. The SMILES string of the molecule is CC(C)N1CCC(N(C)CC(=O)Nc2cccc(I)c2)CC1. The first kappa shape index (κ1) is 17.7. The molecule has 0 saturated carbocycles. The number of anilines is 1. The van der Waals surface area contributed by atoms with Gasteiger partial charge in [0.25, 0.3) is 0 Å². The molecule has 1 aliphatic heterocycles. The number of benzene rings is 1. The smallest absolute Gasteiger partial charge is 0.238 e. The topological polar surface area (TPSA) is 35.6 Å². The summed E-state index contributed by atoms with van der Waals surface area (Å²) in [6.45, 7) is 7.21. The first-order chi connectivity index (χ1) is 10.5. The van der Waals surface area contributed by atoms with Crippen molar-refractivity contribution in [2.45, 2.75) is 38.8 Å². The van der Waals surface area contributed by atoms with Gasteiger partial charge in [0.1, 0.15) is 0 Å². The molecule has 1 aromatic carbocycles. The molecule has 22 heavy (non-hydrogen) atoms. The Kier molecular flexibility index (Phi) is 6.65. The van der Waals surface area contributed by atoms with Gasteiger partial charge < -0.3 is 10.2 Å². The quantitative estimate of drug-likeness (QED) is 0.752. The van der Waals surface area contributed by atoms with Gasteiger partial charge in [-0.15, -0.1) is 0 Å². The van der Waals surface area contributed by atoms with Crippen LogP contribution in [0.2, 0.25) is 0 Å². The fraction of sp³-hybridized carbons (Fsp3) is 0.588. The highest BCUT2D eigenvalue weighted by molar-refractivity contribution is 14.1. The van der Waals surface area contributed by atoms with Gasteiger partial charge >= 0.3 is 0 Å². The third-order valence-electron chi connectivity index (χ3n) is 4.35. The monoisotopic (exact) mass is 415 g/mol. The van der Waals surface area contributed by atoms with Crippen LogP contribution in [0, 0.1) is 3.57 Å². The lowest BCUT2D eigenvalue weighted by atomic mass is 10.0. The number of carbonyl (C=O) groups is 1. The van der Waals surface area contributed by atoms with E-state index in [0.29, 0.717) is 18.6 Å². The van der Waals surface area contributed by atoms with Gasteiger partial charge in [-0.1, -0.05) is 6.07 Å². The fourth-order valence-corrected chi connectivity index (χ4v) is 3.51. The van der Waals surface area contributed by atoms with Crippen LogP contribution in [0.1, 0.15) is 26.7 Å². The van der Waals surface area contributed by atoms with E-state index in [1.54, 1.807) is 0 Å². The molecule has 0 unspecified atom stereocenters. The van der Waals surface area contributed by atoms with Gasteiger partial charge in [-0.2, -0.15) is 0 Å². The van der Waals surface area contributed by atoms with Crippen molar-refractivity contribution >= 4 is 34.2 Å². The van der Waals surface area contributed by atoms with Crippen LogP contribution in [0.4, 0.5) is 5.69 Å². The van der Waals surface area contributed by atoms with Crippen LogP contribution < -0.4 is 5.32 Å². The van der Waals surface area contributed by atoms with E-state index in [0.717, 1.165) is 35.2 Å². The zero-order valence-electron chi connectivity index (χ0n) is 13.7. The normalized spacial score (nSPS) is 17.2. The third kappa shape index (κ3) is 5.21. The Labute approximate surface area is 147 Å². The molecule has 1 N–H and O–H groups in total. The Morgan fingerprint density at radius 1 is 1.41 bits per heavy atom. The molecule has 0 aromatic heterocycles. The lowest BCUT2D eigenvalue weighted by Gasteiger charge is -2.38. The second kappa shape index (κ2) is 8.26. The van der Waals surface area contributed by atoms with Crippen molar-refractivity contribution in [1.29, 1.82) is 0 Å². The molecule has 1 amide bonds. The van der Waals surface area contributed by atoms with E-state index in [2.05, 4.69) is 58.6 Å². The van der Waals surface area contributed by atoms with Gasteiger partial charge in [0, 0.05) is 21.3 Å². The van der Waals surface area contributed by atoms with Gasteiger partial charge in [0.05, 0.1) is 6.54 Å². The Morgan fingerprint density at radius 2 is 2.09 bits per heavy atom. The number of hydrogen-bond donors (Lipinski definition) is 1. The number of nitrogens with zero attached hydrogens (tertiary/aromatic N) is 2. The molecule has 1 heterocycles. The maximum Gasteiger partial charge on any atom is 0.238 e. The average molecular weight is 415 g/mol. The molecule has 0 radical (unpaired) electrons. The van der Waals surface area contributed by atoms with E-state index in [9.17, 15) is 4.79 Å². The molecule has 1 aliphatic rings. The van der Waals surface area contributed by atoms with Crippen LogP contribution in [-0.4, -0.2) is 54.5 Å². The Morgan fingerprint density at radius 3 is 2.68 bits per heavy atom. The number of hydrogen-bond acceptors (Lipinski definition) is 3. The summed E-state index contributed by atoms with van der Waals surface area (Å²) in [5.41, 5.74) is 0.875. The van der Waals surface area contributed by atoms with Crippen molar-refractivity contribution in [3.8, 4) is 0 Å². The Bertz CT molecular complexity index is 498. The second-order valence-corrected chi connectivity index (χ2v) is 7.58. The molecular weight excluding hydrogens is 389 g/mol. The third-order valence-corrected chi connectivity index (χ3v) is 5.03. The molecule has 4 nitrogen and oxygen atoms in total. The highest BCUT2D eigenvalue weighted by Gasteiger charge is 2.24. The minimum Gasteiger partial charge on any atom is -0.325 e. The molecule has 122 valence electrons. The summed E-state index contributed by atoms with van der Waals surface area (Å²) in [6, 6.07) is 9.03. The first-order valence-electron chi connectivity index (χ1n) is 7.95. The lowest BCUT2D eigenvalue weighted by molar-refractivity contribution is -0.117. The largest absolute Gasteiger partial charge is 0.325 e. The van der Waals surface area contributed by atoms with Crippen LogP contribution in [0.5, 0.6) is 0 Å². The van der Waals surface area contributed by atoms with Crippen molar-refractivity contribution in [2.75, 3.05) is 32.0 Å². The van der Waals surface area contributed by atoms with Crippen LogP contribution in [0.25, 0.3) is 0 Å². The number of likely N-dealkylation sites (tertiary alicyclic amines) is 1. The second-order valence-electron chi connectivity index (χ2n) is 6.33. The van der Waals surface area contributed by atoms with Crippen molar-refractivity contribution in [3.05, 3.63) is 27.8 Å². The Hall–Kier alpha value is -0.660. The molecule has 0 spiro atoms. The van der Waals surface area contributed by atoms with Crippen LogP contribution in [0.3, 0.4) is 0 Å². The van der Waals surface area contributed by atoms with E-state index in [-0.39, 0.29) is 5.91 Å². The summed E-state index contributed by atoms with van der Waals surface area (Å²) in [6.07, 6.45) is 2.29. The number of likely N-dealkylation sites (N-methyl/N-ethyl adjacent to an activating group) is 1. The van der Waals surface area contributed by atoms with Crippen molar-refractivity contribution in [1.82, 2.24) is 9.80 Å². The molecule has 0 bridgehead atoms. The van der Waals surface area contributed by atoms with Crippen molar-refractivity contribution in [3.63, 3.8) is 0 Å². The zero-order chi connectivity index (χ0) is 16.1. The van der Waals surface area contributed by atoms with Gasteiger partial charge in [-0.05, 0) is 87.6 Å². The highest BCUT2D eigenvalue weighted by Crippen LogP contribution is 2.17. The van der Waals surface area contributed by atoms with E-state index < -0.39 is 0 Å². The van der Waals surface area contributed by atoms with Gasteiger partial charge in [0.15, 0.2) is 0 Å². The van der Waals surface area contributed by atoms with E-state index in [1.807, 2.05) is 24.3 Å². The maximum absolute atomic E-state index is 12.2. The standard InChI is InChI=1S/C17H26IN3O/c1-13(2)21-9-7-16(8-10-21)20(3)12-17(22)19-15-6-4-5-14(18)11-15/h4-6,11,13,16H,7-10,12H2,1-3H3,(H,19,22). The summed E-state index contributed by atoms with van der Waals surface area (Å²) in [7, 11) is 2.06. The predicted octanol–water partition coefficient (Wildman–Crippen LogP) is 3.03. The van der Waals surface area contributed by atoms with E-state index in [1.165, 1.54) is 0 Å². The number of carbonyl (C=O) groups excluding carboxylic acids is 1. The molecule has 1 saturated heterocycles. The minimum absolute atomic E-state index is 0.0655. The zero-order valence-corrected chi connectivity index (χ0v) is 15.8. The van der Waals surface area contributed by atoms with Crippen molar-refractivity contribution in [2.24, 2.45) is 0 Å². The first-order valence-corrected chi connectivity index (χ1v) is 9.03. The van der Waals surface area contributed by atoms with Crippen LogP contribution in [0.15, 0.2) is 24.3 Å². The van der Waals surface area contributed by atoms with Gasteiger partial charge in [-0.3, -0.25) is 9.69 Å². The van der Waals surface area contributed by atoms with Gasteiger partial charge in [0.2, 0.25) is 5.91 Å². The lowest BCUT2D eigenvalue weighted by Crippen LogP contribution is -2.47. The maximum atomic E-state index is 12.2. The minimum atomic E-state index is 0.0655. The van der Waals surface area contributed by atoms with Crippen molar-refractivity contribution < 1.29 is 4.79 Å². The molecular formula is C17H26IN3O. The summed E-state index contributed by atoms with van der Waals surface area (Å²) in [4.78, 5) is 16.9. The number of halogens is 1. The Balaban J connectivity index is 1.79. The summed E-state index contributed by atoms with van der Waals surface area (Å²) < 4.78 is 1.13. The fourth-order valence-electron chi connectivity index (χ4n) is 2.97. The highest BCUT2D eigenvalue weighted by atomic mass is 127. The molecule has 5 heteroatoms. The predicted molar refractivity (Wildman–Crippen MR) is 100 cm³/mol.